The van der Waals surface area contributed by atoms with Crippen LogP contribution in [-0.2, 0) is 16.1 Å². The molecular weight excluding hydrogens is 398 g/mol. The quantitative estimate of drug-likeness (QED) is 0.358. The highest BCUT2D eigenvalue weighted by Gasteiger charge is 2.20. The second-order valence-corrected chi connectivity index (χ2v) is 7.85. The number of hydrogen-bond donors (Lipinski definition) is 4. The predicted octanol–water partition coefficient (Wildman–Crippen LogP) is 2.65. The number of piperidine rings is 1. The molecule has 0 atom stereocenters. The third-order valence-electron chi connectivity index (χ3n) is 5.43. The molecule has 164 valence electrons. The van der Waals surface area contributed by atoms with E-state index in [2.05, 4.69) is 0 Å². The second-order valence-electron chi connectivity index (χ2n) is 7.85. The molecular formula is C23H27N3O5. The van der Waals surface area contributed by atoms with E-state index in [0.717, 1.165) is 42.6 Å². The first-order valence-corrected chi connectivity index (χ1v) is 10.2. The lowest BCUT2D eigenvalue weighted by molar-refractivity contribution is -0.138. The zero-order valence-corrected chi connectivity index (χ0v) is 17.2. The van der Waals surface area contributed by atoms with Gasteiger partial charge in [0.25, 0.3) is 0 Å². The highest BCUT2D eigenvalue weighted by molar-refractivity contribution is 5.96. The van der Waals surface area contributed by atoms with Crippen molar-refractivity contribution in [3.8, 4) is 11.1 Å². The smallest absolute Gasteiger partial charge is 0.335 e. The summed E-state index contributed by atoms with van der Waals surface area (Å²) in [6.07, 6.45) is 1.76. The van der Waals surface area contributed by atoms with Crippen LogP contribution in [0.4, 0.5) is 0 Å². The molecule has 2 aromatic carbocycles. The number of carboxylic acid groups (broad SMARTS) is 2. The second kappa shape index (κ2) is 10.2. The van der Waals surface area contributed by atoms with Crippen molar-refractivity contribution >= 4 is 17.8 Å². The van der Waals surface area contributed by atoms with Crippen molar-refractivity contribution in [2.24, 2.45) is 11.7 Å². The van der Waals surface area contributed by atoms with Crippen LogP contribution in [0, 0.1) is 11.3 Å². The van der Waals surface area contributed by atoms with Crippen molar-refractivity contribution in [2.45, 2.75) is 19.4 Å². The van der Waals surface area contributed by atoms with Gasteiger partial charge in [0.1, 0.15) is 5.84 Å². The summed E-state index contributed by atoms with van der Waals surface area (Å²) < 4.78 is 5.88. The maximum Gasteiger partial charge on any atom is 0.335 e. The lowest BCUT2D eigenvalue weighted by Crippen LogP contribution is -2.38. The number of nitrogens with zero attached hydrogens (tertiary/aromatic N) is 1. The van der Waals surface area contributed by atoms with Crippen LogP contribution >= 0.6 is 0 Å². The molecule has 2 aromatic rings. The fourth-order valence-electron chi connectivity index (χ4n) is 3.78. The monoisotopic (exact) mass is 425 g/mol. The molecule has 0 spiro atoms. The minimum Gasteiger partial charge on any atom is -0.480 e. The van der Waals surface area contributed by atoms with E-state index < -0.39 is 11.9 Å². The average molecular weight is 425 g/mol. The number of carbonyl (C=O) groups is 2. The highest BCUT2D eigenvalue weighted by Crippen LogP contribution is 2.25. The lowest BCUT2D eigenvalue weighted by Gasteiger charge is -2.30. The number of ether oxygens (including phenoxy) is 1. The number of amidine groups is 1. The Morgan fingerprint density at radius 2 is 1.77 bits per heavy atom. The molecule has 1 saturated heterocycles. The summed E-state index contributed by atoms with van der Waals surface area (Å²) in [5.41, 5.74) is 8.58. The topological polar surface area (TPSA) is 137 Å². The minimum absolute atomic E-state index is 0.0470. The molecule has 8 heteroatoms. The van der Waals surface area contributed by atoms with Crippen LogP contribution in [0.5, 0.6) is 0 Å². The fourth-order valence-corrected chi connectivity index (χ4v) is 3.78. The number of aromatic carboxylic acids is 1. The van der Waals surface area contributed by atoms with Crippen molar-refractivity contribution in [1.29, 1.82) is 5.41 Å². The van der Waals surface area contributed by atoms with Gasteiger partial charge in [0.2, 0.25) is 0 Å². The predicted molar refractivity (Wildman–Crippen MR) is 116 cm³/mol. The summed E-state index contributed by atoms with van der Waals surface area (Å²) in [6, 6.07) is 12.2. The van der Waals surface area contributed by atoms with Gasteiger partial charge >= 0.3 is 11.9 Å². The first-order valence-electron chi connectivity index (χ1n) is 10.2. The van der Waals surface area contributed by atoms with Gasteiger partial charge in [-0.05, 0) is 72.8 Å². The van der Waals surface area contributed by atoms with Crippen molar-refractivity contribution in [3.05, 3.63) is 59.2 Å². The molecule has 0 bridgehead atoms. The van der Waals surface area contributed by atoms with Gasteiger partial charge in [0.05, 0.1) is 18.7 Å². The molecule has 0 aliphatic carbocycles. The van der Waals surface area contributed by atoms with Crippen LogP contribution in [-0.4, -0.2) is 59.1 Å². The maximum absolute atomic E-state index is 11.6. The number of nitrogen functional groups attached to an aromatic ring is 1. The van der Waals surface area contributed by atoms with Crippen molar-refractivity contribution in [3.63, 3.8) is 0 Å². The Labute approximate surface area is 180 Å². The SMILES string of the molecule is N=C(N)c1cccc(-c2cc(COCC3CCN(CC(=O)O)CC3)cc(C(=O)O)c2)c1. The molecule has 31 heavy (non-hydrogen) atoms. The number of benzene rings is 2. The van der Waals surface area contributed by atoms with Gasteiger partial charge in [0, 0.05) is 12.2 Å². The van der Waals surface area contributed by atoms with E-state index in [1.165, 1.54) is 0 Å². The Hall–Kier alpha value is -3.23. The van der Waals surface area contributed by atoms with E-state index in [0.29, 0.717) is 18.1 Å². The van der Waals surface area contributed by atoms with E-state index in [1.54, 1.807) is 30.3 Å². The molecule has 1 heterocycles. The van der Waals surface area contributed by atoms with Gasteiger partial charge in [-0.3, -0.25) is 15.1 Å². The summed E-state index contributed by atoms with van der Waals surface area (Å²) >= 11 is 0. The van der Waals surface area contributed by atoms with Gasteiger partial charge in [-0.2, -0.15) is 0 Å². The molecule has 1 aliphatic rings. The maximum atomic E-state index is 11.6. The summed E-state index contributed by atoms with van der Waals surface area (Å²) in [5.74, 6) is -1.51. The van der Waals surface area contributed by atoms with E-state index in [1.807, 2.05) is 17.0 Å². The Balaban J connectivity index is 1.65. The number of aliphatic carboxylic acids is 1. The van der Waals surface area contributed by atoms with Crippen molar-refractivity contribution in [1.82, 2.24) is 4.90 Å². The summed E-state index contributed by atoms with van der Waals surface area (Å²) in [4.78, 5) is 24.3. The van der Waals surface area contributed by atoms with Crippen LogP contribution in [0.2, 0.25) is 0 Å². The zero-order chi connectivity index (χ0) is 22.4. The average Bonchev–Trinajstić information content (AvgIpc) is 2.74. The molecule has 3 rings (SSSR count). The standard InChI is InChI=1S/C23H27N3O5/c24-22(25)18-3-1-2-17(10-18)19-8-16(9-20(11-19)23(29)30)14-31-13-15-4-6-26(7-5-15)12-21(27)28/h1-3,8-11,15H,4-7,12-14H2,(H3,24,25)(H,27,28)(H,29,30). The van der Waals surface area contributed by atoms with Crippen LogP contribution in [0.1, 0.15) is 34.3 Å². The first kappa shape index (κ1) is 22.5. The van der Waals surface area contributed by atoms with Crippen LogP contribution in [0.25, 0.3) is 11.1 Å². The molecule has 0 saturated carbocycles. The largest absolute Gasteiger partial charge is 0.480 e. The number of nitrogens with two attached hydrogens (primary N) is 1. The molecule has 8 nitrogen and oxygen atoms in total. The number of nitrogens with one attached hydrogen (secondary N) is 1. The molecule has 0 unspecified atom stereocenters. The molecule has 5 N–H and O–H groups in total. The van der Waals surface area contributed by atoms with Gasteiger partial charge in [-0.25, -0.2) is 4.79 Å². The zero-order valence-electron chi connectivity index (χ0n) is 17.2. The summed E-state index contributed by atoms with van der Waals surface area (Å²) in [7, 11) is 0. The van der Waals surface area contributed by atoms with E-state index in [-0.39, 0.29) is 24.6 Å². The van der Waals surface area contributed by atoms with E-state index in [4.69, 9.17) is 21.0 Å². The Bertz CT molecular complexity index is 967. The molecule has 1 fully saturated rings. The number of likely N-dealkylation sites (tertiary alicyclic amines) is 1. The Morgan fingerprint density at radius 3 is 2.42 bits per heavy atom. The third-order valence-corrected chi connectivity index (χ3v) is 5.43. The van der Waals surface area contributed by atoms with Crippen LogP contribution in [0.15, 0.2) is 42.5 Å². The summed E-state index contributed by atoms with van der Waals surface area (Å²) in [6.45, 7) is 2.39. The van der Waals surface area contributed by atoms with Crippen molar-refractivity contribution < 1.29 is 24.5 Å². The molecule has 1 aliphatic heterocycles. The number of rotatable bonds is 9. The van der Waals surface area contributed by atoms with Gasteiger partial charge in [0.15, 0.2) is 0 Å². The minimum atomic E-state index is -1.02. The van der Waals surface area contributed by atoms with Crippen molar-refractivity contribution in [2.75, 3.05) is 26.2 Å². The Morgan fingerprint density at radius 1 is 1.06 bits per heavy atom. The molecule has 0 amide bonds. The van der Waals surface area contributed by atoms with Gasteiger partial charge in [-0.15, -0.1) is 0 Å². The summed E-state index contributed by atoms with van der Waals surface area (Å²) in [5, 5.41) is 26.0. The number of carboxylic acids is 2. The first-order chi connectivity index (χ1) is 14.8. The van der Waals surface area contributed by atoms with Crippen LogP contribution < -0.4 is 5.73 Å². The molecule has 0 radical (unpaired) electrons. The van der Waals surface area contributed by atoms with Gasteiger partial charge in [-0.1, -0.05) is 18.2 Å². The Kier molecular flexibility index (Phi) is 7.38. The van der Waals surface area contributed by atoms with Crippen LogP contribution in [0.3, 0.4) is 0 Å². The normalized spacial score (nSPS) is 15.0. The number of hydrogen-bond acceptors (Lipinski definition) is 5. The van der Waals surface area contributed by atoms with E-state index >= 15 is 0 Å². The third kappa shape index (κ3) is 6.37. The van der Waals surface area contributed by atoms with Gasteiger partial charge < -0.3 is 20.7 Å². The highest BCUT2D eigenvalue weighted by atomic mass is 16.5. The van der Waals surface area contributed by atoms with E-state index in [9.17, 15) is 14.7 Å². The lowest BCUT2D eigenvalue weighted by atomic mass is 9.97. The molecule has 0 aromatic heterocycles. The fraction of sp³-hybridized carbons (Fsp3) is 0.348.